The van der Waals surface area contributed by atoms with Gasteiger partial charge in [0.1, 0.15) is 41.5 Å². The van der Waals surface area contributed by atoms with Crippen molar-refractivity contribution < 1.29 is 29.2 Å². The molecule has 38 heavy (non-hydrogen) atoms. The highest BCUT2D eigenvalue weighted by Crippen LogP contribution is 2.43. The molecule has 0 bridgehead atoms. The summed E-state index contributed by atoms with van der Waals surface area (Å²) in [6.07, 6.45) is -3.57. The Balaban J connectivity index is 1.56. The molecular weight excluding hydrogens is 480 g/mol. The molecule has 6 nitrogen and oxygen atoms in total. The van der Waals surface area contributed by atoms with E-state index < -0.39 is 30.0 Å². The SMILES string of the molecule is COc1ccc(C(OC[C@H]2O[C@@H](c3ccccc3)[C@H](O)[C@@H]2O)(c2ccccc2)c2ccc(OC)cc2)cc1. The van der Waals surface area contributed by atoms with Crippen LogP contribution < -0.4 is 9.47 Å². The van der Waals surface area contributed by atoms with Crippen molar-refractivity contribution in [3.8, 4) is 11.5 Å². The maximum absolute atomic E-state index is 10.9. The second kappa shape index (κ2) is 11.4. The van der Waals surface area contributed by atoms with Gasteiger partial charge in [0.25, 0.3) is 0 Å². The number of hydrogen-bond acceptors (Lipinski definition) is 6. The van der Waals surface area contributed by atoms with E-state index in [1.807, 2.05) is 109 Å². The summed E-state index contributed by atoms with van der Waals surface area (Å²) in [5.41, 5.74) is 2.42. The maximum Gasteiger partial charge on any atom is 0.143 e. The summed E-state index contributed by atoms with van der Waals surface area (Å²) in [5, 5.41) is 21.8. The zero-order chi connectivity index (χ0) is 26.5. The van der Waals surface area contributed by atoms with Crippen LogP contribution >= 0.6 is 0 Å². The van der Waals surface area contributed by atoms with Gasteiger partial charge in [0, 0.05) is 0 Å². The van der Waals surface area contributed by atoms with Crippen molar-refractivity contribution in [1.82, 2.24) is 0 Å². The highest BCUT2D eigenvalue weighted by Gasteiger charge is 2.46. The molecule has 0 unspecified atom stereocenters. The molecule has 0 radical (unpaired) electrons. The minimum atomic E-state index is -1.11. The minimum absolute atomic E-state index is 0.0362. The van der Waals surface area contributed by atoms with Gasteiger partial charge in [-0.15, -0.1) is 0 Å². The topological polar surface area (TPSA) is 77.4 Å². The van der Waals surface area contributed by atoms with Crippen LogP contribution in [0, 0.1) is 0 Å². The van der Waals surface area contributed by atoms with Crippen LogP contribution in [0.2, 0.25) is 0 Å². The van der Waals surface area contributed by atoms with Crippen molar-refractivity contribution in [2.75, 3.05) is 20.8 Å². The Morgan fingerprint density at radius 2 is 1.11 bits per heavy atom. The molecule has 196 valence electrons. The van der Waals surface area contributed by atoms with Crippen LogP contribution in [0.3, 0.4) is 0 Å². The van der Waals surface area contributed by atoms with E-state index in [9.17, 15) is 10.2 Å². The number of methoxy groups -OCH3 is 2. The van der Waals surface area contributed by atoms with Gasteiger partial charge >= 0.3 is 0 Å². The van der Waals surface area contributed by atoms with Crippen molar-refractivity contribution in [3.05, 3.63) is 131 Å². The molecule has 0 aromatic heterocycles. The first-order chi connectivity index (χ1) is 18.6. The van der Waals surface area contributed by atoms with Crippen LogP contribution in [0.1, 0.15) is 28.4 Å². The monoisotopic (exact) mass is 512 g/mol. The summed E-state index contributed by atoms with van der Waals surface area (Å²) in [4.78, 5) is 0. The highest BCUT2D eigenvalue weighted by molar-refractivity contribution is 5.49. The molecule has 0 saturated carbocycles. The Morgan fingerprint density at radius 3 is 1.61 bits per heavy atom. The number of ether oxygens (including phenoxy) is 4. The molecule has 0 amide bonds. The Morgan fingerprint density at radius 1 is 0.632 bits per heavy atom. The molecule has 1 fully saturated rings. The average Bonchev–Trinajstić information content (AvgIpc) is 3.28. The van der Waals surface area contributed by atoms with Gasteiger partial charge in [-0.2, -0.15) is 0 Å². The third-order valence-electron chi connectivity index (χ3n) is 7.13. The van der Waals surface area contributed by atoms with Gasteiger partial charge in [-0.05, 0) is 46.5 Å². The molecule has 2 N–H and O–H groups in total. The number of rotatable bonds is 9. The van der Waals surface area contributed by atoms with E-state index in [0.29, 0.717) is 0 Å². The summed E-state index contributed by atoms with van der Waals surface area (Å²) in [6.45, 7) is 0.0362. The molecule has 4 aromatic rings. The maximum atomic E-state index is 10.9. The predicted octanol–water partition coefficient (Wildman–Crippen LogP) is 4.87. The van der Waals surface area contributed by atoms with Crippen LogP contribution in [0.25, 0.3) is 0 Å². The Labute approximate surface area is 223 Å². The number of aliphatic hydroxyl groups is 2. The smallest absolute Gasteiger partial charge is 0.143 e. The molecule has 5 rings (SSSR count). The largest absolute Gasteiger partial charge is 0.497 e. The molecule has 4 atom stereocenters. The number of benzene rings is 4. The molecule has 0 aliphatic carbocycles. The van der Waals surface area contributed by atoms with E-state index in [4.69, 9.17) is 18.9 Å². The van der Waals surface area contributed by atoms with Crippen molar-refractivity contribution in [1.29, 1.82) is 0 Å². The fourth-order valence-corrected chi connectivity index (χ4v) is 5.09. The zero-order valence-corrected chi connectivity index (χ0v) is 21.4. The van der Waals surface area contributed by atoms with Crippen LogP contribution in [-0.2, 0) is 15.1 Å². The van der Waals surface area contributed by atoms with E-state index in [2.05, 4.69) is 0 Å². The Bertz CT molecular complexity index is 1240. The van der Waals surface area contributed by atoms with Gasteiger partial charge in [0.2, 0.25) is 0 Å². The van der Waals surface area contributed by atoms with E-state index in [1.54, 1.807) is 14.2 Å². The molecule has 1 heterocycles. The molecule has 1 aliphatic rings. The van der Waals surface area contributed by atoms with Crippen molar-refractivity contribution in [2.45, 2.75) is 30.0 Å². The fraction of sp³-hybridized carbons (Fsp3) is 0.250. The van der Waals surface area contributed by atoms with Gasteiger partial charge < -0.3 is 29.2 Å². The van der Waals surface area contributed by atoms with Crippen molar-refractivity contribution >= 4 is 0 Å². The molecule has 6 heteroatoms. The van der Waals surface area contributed by atoms with Crippen LogP contribution in [-0.4, -0.2) is 49.4 Å². The number of hydrogen-bond donors (Lipinski definition) is 2. The quantitative estimate of drug-likeness (QED) is 0.312. The van der Waals surface area contributed by atoms with Crippen LogP contribution in [0.5, 0.6) is 11.5 Å². The standard InChI is InChI=1S/C32H32O6/c1-35-26-17-13-24(14-18-26)32(23-11-7-4-8-12-23,25-15-19-27(36-2)20-16-25)37-21-28-29(33)30(34)31(38-28)22-9-5-3-6-10-22/h3-20,28-31,33-34H,21H2,1-2H3/t28-,29-,30-,31+/m1/s1. The van der Waals surface area contributed by atoms with Crippen LogP contribution in [0.4, 0.5) is 0 Å². The summed E-state index contributed by atoms with van der Waals surface area (Å²) in [7, 11) is 3.26. The normalized spacial score (nSPS) is 21.3. The summed E-state index contributed by atoms with van der Waals surface area (Å²) in [6, 6.07) is 34.9. The van der Waals surface area contributed by atoms with Crippen LogP contribution in [0.15, 0.2) is 109 Å². The average molecular weight is 513 g/mol. The fourth-order valence-electron chi connectivity index (χ4n) is 5.09. The van der Waals surface area contributed by atoms with Gasteiger partial charge in [-0.25, -0.2) is 0 Å². The third-order valence-corrected chi connectivity index (χ3v) is 7.13. The molecule has 1 aliphatic heterocycles. The van der Waals surface area contributed by atoms with Crippen molar-refractivity contribution in [2.24, 2.45) is 0 Å². The van der Waals surface area contributed by atoms with Gasteiger partial charge in [-0.1, -0.05) is 84.9 Å². The van der Waals surface area contributed by atoms with Crippen molar-refractivity contribution in [3.63, 3.8) is 0 Å². The Kier molecular flexibility index (Phi) is 7.77. The van der Waals surface area contributed by atoms with Gasteiger partial charge in [0.05, 0.1) is 20.8 Å². The van der Waals surface area contributed by atoms with E-state index in [0.717, 1.165) is 33.8 Å². The highest BCUT2D eigenvalue weighted by atomic mass is 16.6. The van der Waals surface area contributed by atoms with Gasteiger partial charge in [-0.3, -0.25) is 0 Å². The lowest BCUT2D eigenvalue weighted by atomic mass is 9.80. The van der Waals surface area contributed by atoms with E-state index >= 15 is 0 Å². The molecule has 1 saturated heterocycles. The first-order valence-electron chi connectivity index (χ1n) is 12.6. The lowest BCUT2D eigenvalue weighted by molar-refractivity contribution is -0.0828. The second-order valence-corrected chi connectivity index (χ2v) is 9.30. The van der Waals surface area contributed by atoms with Gasteiger partial charge in [0.15, 0.2) is 0 Å². The second-order valence-electron chi connectivity index (χ2n) is 9.30. The molecular formula is C32H32O6. The number of aliphatic hydroxyl groups excluding tert-OH is 2. The lowest BCUT2D eigenvalue weighted by Crippen LogP contribution is -2.39. The summed E-state index contributed by atoms with van der Waals surface area (Å²) >= 11 is 0. The lowest BCUT2D eigenvalue weighted by Gasteiger charge is -2.37. The van der Waals surface area contributed by atoms with E-state index in [1.165, 1.54) is 0 Å². The third kappa shape index (κ3) is 4.91. The minimum Gasteiger partial charge on any atom is -0.497 e. The first kappa shape index (κ1) is 25.9. The Hall–Kier alpha value is -3.68. The zero-order valence-electron chi connectivity index (χ0n) is 21.4. The first-order valence-corrected chi connectivity index (χ1v) is 12.6. The summed E-state index contributed by atoms with van der Waals surface area (Å²) in [5.74, 6) is 1.46. The predicted molar refractivity (Wildman–Crippen MR) is 144 cm³/mol. The van der Waals surface area contributed by atoms with E-state index in [-0.39, 0.29) is 6.61 Å². The molecule has 4 aromatic carbocycles. The molecule has 0 spiro atoms. The summed E-state index contributed by atoms with van der Waals surface area (Å²) < 4.78 is 23.8.